The van der Waals surface area contributed by atoms with E-state index in [2.05, 4.69) is 20.0 Å². The van der Waals surface area contributed by atoms with Gasteiger partial charge in [-0.25, -0.2) is 0 Å². The van der Waals surface area contributed by atoms with E-state index in [1.54, 1.807) is 22.8 Å². The third kappa shape index (κ3) is 3.91. The number of nitrogens with one attached hydrogen (secondary N) is 1. The first kappa shape index (κ1) is 19.7. The highest BCUT2D eigenvalue weighted by Crippen LogP contribution is 2.31. The van der Waals surface area contributed by atoms with Crippen molar-refractivity contribution in [2.75, 3.05) is 5.32 Å². The van der Waals surface area contributed by atoms with Crippen molar-refractivity contribution in [2.24, 2.45) is 0 Å². The summed E-state index contributed by atoms with van der Waals surface area (Å²) in [6, 6.07) is 12.5. The summed E-state index contributed by atoms with van der Waals surface area (Å²) in [6.07, 6.45) is -2.88. The van der Waals surface area contributed by atoms with Crippen molar-refractivity contribution in [1.29, 1.82) is 0 Å². The maximum absolute atomic E-state index is 12.7. The first-order chi connectivity index (χ1) is 14.2. The summed E-state index contributed by atoms with van der Waals surface area (Å²) in [6.45, 7) is 3.92. The molecule has 4 rings (SSSR count). The van der Waals surface area contributed by atoms with E-state index in [1.807, 2.05) is 44.3 Å². The van der Waals surface area contributed by atoms with E-state index >= 15 is 0 Å². The molecule has 0 saturated heterocycles. The fourth-order valence-corrected chi connectivity index (χ4v) is 3.19. The van der Waals surface area contributed by atoms with Gasteiger partial charge in [0.2, 0.25) is 11.7 Å². The molecule has 1 N–H and O–H groups in total. The molecule has 0 aliphatic rings. The highest BCUT2D eigenvalue weighted by Gasteiger charge is 2.38. The van der Waals surface area contributed by atoms with Gasteiger partial charge in [-0.1, -0.05) is 22.9 Å². The number of aromatic nitrogens is 3. The van der Waals surface area contributed by atoms with E-state index in [1.165, 1.54) is 0 Å². The van der Waals surface area contributed by atoms with E-state index < -0.39 is 12.1 Å². The van der Waals surface area contributed by atoms with Crippen LogP contribution in [0.25, 0.3) is 22.3 Å². The van der Waals surface area contributed by atoms with Gasteiger partial charge >= 0.3 is 12.1 Å². The van der Waals surface area contributed by atoms with Crippen molar-refractivity contribution in [3.63, 3.8) is 0 Å². The fraction of sp³-hybridized carbons (Fsp3) is 0.190. The number of carbonyl (C=O) groups excluding carboxylic acids is 1. The number of hydrogen-bond donors (Lipinski definition) is 1. The summed E-state index contributed by atoms with van der Waals surface area (Å²) in [5.74, 6) is -1.72. The molecule has 0 saturated carbocycles. The van der Waals surface area contributed by atoms with Crippen LogP contribution in [0.3, 0.4) is 0 Å². The molecule has 6 nitrogen and oxygen atoms in total. The lowest BCUT2D eigenvalue weighted by atomic mass is 10.1. The number of hydrogen-bond acceptors (Lipinski definition) is 4. The molecule has 0 atom stereocenters. The molecule has 0 aliphatic carbocycles. The summed E-state index contributed by atoms with van der Waals surface area (Å²) in [5.41, 5.74) is 3.84. The van der Waals surface area contributed by atoms with Gasteiger partial charge in [0.15, 0.2) is 0 Å². The molecule has 9 heteroatoms. The summed E-state index contributed by atoms with van der Waals surface area (Å²) in [4.78, 5) is 15.9. The van der Waals surface area contributed by atoms with Crippen LogP contribution in [0, 0.1) is 13.8 Å². The summed E-state index contributed by atoms with van der Waals surface area (Å²) >= 11 is 0. The molecule has 0 radical (unpaired) electrons. The molecular weight excluding hydrogens is 397 g/mol. The van der Waals surface area contributed by atoms with Gasteiger partial charge in [0.05, 0.1) is 0 Å². The number of nitrogens with zero attached hydrogens (tertiary/aromatic N) is 3. The predicted octanol–water partition coefficient (Wildman–Crippen LogP) is 4.97. The third-order valence-corrected chi connectivity index (χ3v) is 4.66. The van der Waals surface area contributed by atoms with Crippen molar-refractivity contribution < 1.29 is 22.5 Å². The minimum Gasteiger partial charge on any atom is -0.338 e. The zero-order valence-electron chi connectivity index (χ0n) is 16.1. The van der Waals surface area contributed by atoms with Gasteiger partial charge in [0, 0.05) is 28.4 Å². The Balaban J connectivity index is 1.58. The number of benzene rings is 2. The Morgan fingerprint density at radius 1 is 1.13 bits per heavy atom. The first-order valence-corrected chi connectivity index (χ1v) is 9.08. The van der Waals surface area contributed by atoms with Crippen molar-refractivity contribution in [3.8, 4) is 11.4 Å². The number of fused-ring (bicyclic) bond motifs is 1. The molecule has 2 aromatic heterocycles. The molecule has 0 unspecified atom stereocenters. The first-order valence-electron chi connectivity index (χ1n) is 9.08. The fourth-order valence-electron chi connectivity index (χ4n) is 3.19. The van der Waals surface area contributed by atoms with Crippen molar-refractivity contribution in [3.05, 3.63) is 65.7 Å². The summed E-state index contributed by atoms with van der Waals surface area (Å²) in [7, 11) is 0. The second-order valence-electron chi connectivity index (χ2n) is 7.01. The van der Waals surface area contributed by atoms with E-state index in [4.69, 9.17) is 0 Å². The van der Waals surface area contributed by atoms with Crippen LogP contribution in [0.1, 0.15) is 17.0 Å². The van der Waals surface area contributed by atoms with Crippen molar-refractivity contribution in [1.82, 2.24) is 14.7 Å². The maximum atomic E-state index is 12.7. The number of halogens is 3. The van der Waals surface area contributed by atoms with Crippen molar-refractivity contribution in [2.45, 2.75) is 26.6 Å². The molecule has 0 aliphatic heterocycles. The molecule has 2 aromatic carbocycles. The average Bonchev–Trinajstić information content (AvgIpc) is 3.29. The molecule has 30 heavy (non-hydrogen) atoms. The number of rotatable bonds is 4. The minimum absolute atomic E-state index is 0.0952. The Labute approximate surface area is 169 Å². The largest absolute Gasteiger partial charge is 0.471 e. The lowest BCUT2D eigenvalue weighted by Gasteiger charge is -2.08. The molecule has 0 fully saturated rings. The average molecular weight is 414 g/mol. The van der Waals surface area contributed by atoms with Gasteiger partial charge in [-0.15, -0.1) is 0 Å². The quantitative estimate of drug-likeness (QED) is 0.512. The molecule has 2 heterocycles. The standard InChI is InChI=1S/C21H17F3N4O2/c1-12-3-6-15(7-4-12)25-18(29)11-28-10-13(2)16-9-14(5-8-17(16)28)19-26-20(30-27-19)21(22,23)24/h3-10H,11H2,1-2H3,(H,25,29). The zero-order chi connectivity index (χ0) is 21.5. The summed E-state index contributed by atoms with van der Waals surface area (Å²) < 4.78 is 44.2. The molecule has 4 aromatic rings. The Kier molecular flexibility index (Phi) is 4.81. The molecular formula is C21H17F3N4O2. The van der Waals surface area contributed by atoms with Crippen LogP contribution in [0.4, 0.5) is 18.9 Å². The van der Waals surface area contributed by atoms with Gasteiger partial charge in [-0.3, -0.25) is 4.79 Å². The lowest BCUT2D eigenvalue weighted by Crippen LogP contribution is -2.18. The highest BCUT2D eigenvalue weighted by atomic mass is 19.4. The van der Waals surface area contributed by atoms with E-state index in [0.29, 0.717) is 11.3 Å². The van der Waals surface area contributed by atoms with Gasteiger partial charge in [0.25, 0.3) is 0 Å². The lowest BCUT2D eigenvalue weighted by molar-refractivity contribution is -0.159. The maximum Gasteiger partial charge on any atom is 0.471 e. The Morgan fingerprint density at radius 2 is 1.87 bits per heavy atom. The smallest absolute Gasteiger partial charge is 0.338 e. The van der Waals surface area contributed by atoms with Crippen LogP contribution in [0.2, 0.25) is 0 Å². The number of anilines is 1. The molecule has 1 amide bonds. The van der Waals surface area contributed by atoms with Gasteiger partial charge in [-0.05, 0) is 49.7 Å². The van der Waals surface area contributed by atoms with Crippen molar-refractivity contribution >= 4 is 22.5 Å². The summed E-state index contributed by atoms with van der Waals surface area (Å²) in [5, 5.41) is 7.05. The predicted molar refractivity (Wildman–Crippen MR) is 105 cm³/mol. The minimum atomic E-state index is -4.70. The van der Waals surface area contributed by atoms with Gasteiger partial charge < -0.3 is 14.4 Å². The molecule has 0 bridgehead atoms. The van der Waals surface area contributed by atoms with Crippen LogP contribution in [0.15, 0.2) is 53.2 Å². The van der Waals surface area contributed by atoms with Crippen LogP contribution in [-0.4, -0.2) is 20.6 Å². The van der Waals surface area contributed by atoms with Crippen LogP contribution in [-0.2, 0) is 17.5 Å². The number of amides is 1. The Bertz CT molecular complexity index is 1220. The molecule has 0 spiro atoms. The monoisotopic (exact) mass is 414 g/mol. The third-order valence-electron chi connectivity index (χ3n) is 4.66. The van der Waals surface area contributed by atoms with Gasteiger partial charge in [0.1, 0.15) is 6.54 Å². The van der Waals surface area contributed by atoms with Crippen LogP contribution in [0.5, 0.6) is 0 Å². The van der Waals surface area contributed by atoms with Gasteiger partial charge in [-0.2, -0.15) is 18.2 Å². The highest BCUT2D eigenvalue weighted by molar-refractivity contribution is 5.93. The topological polar surface area (TPSA) is 73.0 Å². The molecule has 154 valence electrons. The number of carbonyl (C=O) groups is 1. The van der Waals surface area contributed by atoms with E-state index in [9.17, 15) is 18.0 Å². The second kappa shape index (κ2) is 7.33. The van der Waals surface area contributed by atoms with E-state index in [0.717, 1.165) is 22.0 Å². The number of aryl methyl sites for hydroxylation is 2. The Morgan fingerprint density at radius 3 is 2.53 bits per heavy atom. The normalized spacial score (nSPS) is 11.8. The van der Waals surface area contributed by atoms with Crippen LogP contribution < -0.4 is 5.32 Å². The number of alkyl halides is 3. The van der Waals surface area contributed by atoms with E-state index in [-0.39, 0.29) is 18.3 Å². The second-order valence-corrected chi connectivity index (χ2v) is 7.01. The Hall–Kier alpha value is -3.62. The van der Waals surface area contributed by atoms with Crippen LogP contribution >= 0.6 is 0 Å². The SMILES string of the molecule is Cc1ccc(NC(=O)Cn2cc(C)c3cc(-c4noc(C(F)(F)F)n4)ccc32)cc1. The zero-order valence-corrected chi connectivity index (χ0v) is 16.1.